The van der Waals surface area contributed by atoms with E-state index in [9.17, 15) is 4.39 Å². The van der Waals surface area contributed by atoms with Gasteiger partial charge in [-0.2, -0.15) is 0 Å². The van der Waals surface area contributed by atoms with Crippen LogP contribution in [0.3, 0.4) is 0 Å². The number of rotatable bonds is 2. The first kappa shape index (κ1) is 14.0. The minimum atomic E-state index is -0.434. The zero-order valence-electron chi connectivity index (χ0n) is 11.3. The fraction of sp³-hybridized carbons (Fsp3) is 0.250. The number of halogens is 2. The maximum Gasteiger partial charge on any atom is 0.142 e. The van der Waals surface area contributed by atoms with Gasteiger partial charge in [0.15, 0.2) is 0 Å². The van der Waals surface area contributed by atoms with Gasteiger partial charge < -0.3 is 5.73 Å². The molecule has 1 nitrogen and oxygen atoms in total. The van der Waals surface area contributed by atoms with Crippen molar-refractivity contribution in [2.75, 3.05) is 0 Å². The normalized spacial score (nSPS) is 12.5. The van der Waals surface area contributed by atoms with Crippen molar-refractivity contribution in [3.05, 3.63) is 69.0 Å². The minimum absolute atomic E-state index is 0.118. The van der Waals surface area contributed by atoms with Crippen molar-refractivity contribution in [1.29, 1.82) is 0 Å². The lowest BCUT2D eigenvalue weighted by molar-refractivity contribution is 0.624. The minimum Gasteiger partial charge on any atom is -0.320 e. The Morgan fingerprint density at radius 2 is 1.63 bits per heavy atom. The summed E-state index contributed by atoms with van der Waals surface area (Å²) in [5.41, 5.74) is 11.5. The summed E-state index contributed by atoms with van der Waals surface area (Å²) in [4.78, 5) is 0. The summed E-state index contributed by atoms with van der Waals surface area (Å²) in [6, 6.07) is 8.55. The molecule has 0 amide bonds. The van der Waals surface area contributed by atoms with Crippen LogP contribution in [-0.4, -0.2) is 0 Å². The molecule has 1 unspecified atom stereocenters. The fourth-order valence-electron chi connectivity index (χ4n) is 2.20. The second kappa shape index (κ2) is 5.32. The van der Waals surface area contributed by atoms with Crippen molar-refractivity contribution in [3.63, 3.8) is 0 Å². The van der Waals surface area contributed by atoms with E-state index in [0.29, 0.717) is 0 Å². The Hall–Kier alpha value is -1.38. The maximum absolute atomic E-state index is 13.5. The molecule has 2 aromatic carbocycles. The van der Waals surface area contributed by atoms with E-state index >= 15 is 0 Å². The fourth-order valence-corrected chi connectivity index (χ4v) is 2.32. The van der Waals surface area contributed by atoms with Crippen molar-refractivity contribution in [2.24, 2.45) is 5.73 Å². The average Bonchev–Trinajstić information content (AvgIpc) is 2.36. The number of nitrogens with two attached hydrogens (primary N) is 1. The Labute approximate surface area is 118 Å². The van der Waals surface area contributed by atoms with Crippen LogP contribution in [0.1, 0.15) is 33.9 Å². The SMILES string of the molecule is Cc1cc(C)c(C(N)c2ccc(Cl)c(F)c2)cc1C. The van der Waals surface area contributed by atoms with Gasteiger partial charge in [0, 0.05) is 0 Å². The summed E-state index contributed by atoms with van der Waals surface area (Å²) < 4.78 is 13.5. The van der Waals surface area contributed by atoms with Crippen LogP contribution in [0.5, 0.6) is 0 Å². The third kappa shape index (κ3) is 2.80. The van der Waals surface area contributed by atoms with E-state index < -0.39 is 5.82 Å². The highest BCUT2D eigenvalue weighted by molar-refractivity contribution is 6.30. The molecule has 0 aliphatic carbocycles. The zero-order valence-corrected chi connectivity index (χ0v) is 12.1. The Bertz CT molecular complexity index is 622. The molecule has 0 fully saturated rings. The third-order valence-electron chi connectivity index (χ3n) is 3.52. The first-order valence-electron chi connectivity index (χ1n) is 6.18. The Morgan fingerprint density at radius 1 is 1.00 bits per heavy atom. The van der Waals surface area contributed by atoms with Gasteiger partial charge >= 0.3 is 0 Å². The molecule has 1 atom stereocenters. The van der Waals surface area contributed by atoms with Gasteiger partial charge in [-0.1, -0.05) is 29.8 Å². The molecule has 0 spiro atoms. The predicted molar refractivity (Wildman–Crippen MR) is 78.1 cm³/mol. The first-order valence-corrected chi connectivity index (χ1v) is 6.56. The molecule has 0 saturated carbocycles. The Balaban J connectivity index is 2.46. The van der Waals surface area contributed by atoms with Gasteiger partial charge in [-0.3, -0.25) is 0 Å². The topological polar surface area (TPSA) is 26.0 Å². The first-order chi connectivity index (χ1) is 8.90. The maximum atomic E-state index is 13.5. The number of benzene rings is 2. The second-order valence-corrected chi connectivity index (χ2v) is 5.35. The molecule has 3 heteroatoms. The molecule has 0 heterocycles. The molecule has 0 aliphatic heterocycles. The smallest absolute Gasteiger partial charge is 0.142 e. The van der Waals surface area contributed by atoms with Crippen LogP contribution in [0.25, 0.3) is 0 Å². The van der Waals surface area contributed by atoms with Gasteiger partial charge in [-0.25, -0.2) is 4.39 Å². The van der Waals surface area contributed by atoms with Crippen LogP contribution in [0.4, 0.5) is 4.39 Å². The molecule has 19 heavy (non-hydrogen) atoms. The van der Waals surface area contributed by atoms with Gasteiger partial charge in [-0.05, 0) is 60.7 Å². The second-order valence-electron chi connectivity index (χ2n) is 4.94. The molecule has 100 valence electrons. The third-order valence-corrected chi connectivity index (χ3v) is 3.83. The summed E-state index contributed by atoms with van der Waals surface area (Å²) in [7, 11) is 0. The standard InChI is InChI=1S/C16H17ClFN/c1-9-6-11(3)13(7-10(9)2)16(19)12-4-5-14(17)15(18)8-12/h4-8,16H,19H2,1-3H3. The van der Waals surface area contributed by atoms with E-state index in [1.54, 1.807) is 12.1 Å². The molecular formula is C16H17ClFN. The van der Waals surface area contributed by atoms with Crippen LogP contribution in [0, 0.1) is 26.6 Å². The summed E-state index contributed by atoms with van der Waals surface area (Å²) in [5, 5.41) is 0.118. The number of aryl methyl sites for hydroxylation is 3. The van der Waals surface area contributed by atoms with Crippen molar-refractivity contribution >= 4 is 11.6 Å². The average molecular weight is 278 g/mol. The zero-order chi connectivity index (χ0) is 14.2. The lowest BCUT2D eigenvalue weighted by Gasteiger charge is -2.17. The van der Waals surface area contributed by atoms with E-state index in [4.69, 9.17) is 17.3 Å². The van der Waals surface area contributed by atoms with E-state index in [-0.39, 0.29) is 11.1 Å². The molecule has 2 aromatic rings. The van der Waals surface area contributed by atoms with E-state index in [2.05, 4.69) is 19.1 Å². The van der Waals surface area contributed by atoms with Gasteiger partial charge in [0.1, 0.15) is 5.82 Å². The molecule has 2 N–H and O–H groups in total. The van der Waals surface area contributed by atoms with Crippen molar-refractivity contribution < 1.29 is 4.39 Å². The lowest BCUT2D eigenvalue weighted by Crippen LogP contribution is -2.14. The van der Waals surface area contributed by atoms with E-state index in [1.165, 1.54) is 17.2 Å². The van der Waals surface area contributed by atoms with Gasteiger partial charge in [-0.15, -0.1) is 0 Å². The van der Waals surface area contributed by atoms with Crippen LogP contribution in [0.15, 0.2) is 30.3 Å². The Kier molecular flexibility index (Phi) is 3.93. The monoisotopic (exact) mass is 277 g/mol. The van der Waals surface area contributed by atoms with Gasteiger partial charge in [0.05, 0.1) is 11.1 Å². The molecule has 0 saturated heterocycles. The largest absolute Gasteiger partial charge is 0.320 e. The van der Waals surface area contributed by atoms with Crippen LogP contribution < -0.4 is 5.73 Å². The van der Waals surface area contributed by atoms with E-state index in [0.717, 1.165) is 16.7 Å². The molecule has 0 radical (unpaired) electrons. The quantitative estimate of drug-likeness (QED) is 0.862. The highest BCUT2D eigenvalue weighted by atomic mass is 35.5. The molecular weight excluding hydrogens is 261 g/mol. The van der Waals surface area contributed by atoms with Crippen molar-refractivity contribution in [1.82, 2.24) is 0 Å². The van der Waals surface area contributed by atoms with E-state index in [1.807, 2.05) is 13.8 Å². The van der Waals surface area contributed by atoms with Crippen molar-refractivity contribution in [2.45, 2.75) is 26.8 Å². The van der Waals surface area contributed by atoms with Crippen LogP contribution in [0.2, 0.25) is 5.02 Å². The number of hydrogen-bond acceptors (Lipinski definition) is 1. The highest BCUT2D eigenvalue weighted by Crippen LogP contribution is 2.27. The summed E-state index contributed by atoms with van der Waals surface area (Å²) in [5.74, 6) is -0.434. The summed E-state index contributed by atoms with van der Waals surface area (Å²) >= 11 is 5.69. The summed E-state index contributed by atoms with van der Waals surface area (Å²) in [6.45, 7) is 6.14. The van der Waals surface area contributed by atoms with Gasteiger partial charge in [0.2, 0.25) is 0 Å². The van der Waals surface area contributed by atoms with Crippen LogP contribution in [-0.2, 0) is 0 Å². The summed E-state index contributed by atoms with van der Waals surface area (Å²) in [6.07, 6.45) is 0. The lowest BCUT2D eigenvalue weighted by atomic mass is 9.92. The molecule has 0 aromatic heterocycles. The molecule has 2 rings (SSSR count). The molecule has 0 bridgehead atoms. The predicted octanol–water partition coefficient (Wildman–Crippen LogP) is 4.45. The molecule has 0 aliphatic rings. The van der Waals surface area contributed by atoms with Crippen molar-refractivity contribution in [3.8, 4) is 0 Å². The van der Waals surface area contributed by atoms with Crippen LogP contribution >= 0.6 is 11.6 Å². The highest BCUT2D eigenvalue weighted by Gasteiger charge is 2.14. The number of hydrogen-bond donors (Lipinski definition) is 1. The Morgan fingerprint density at radius 3 is 2.26 bits per heavy atom. The van der Waals surface area contributed by atoms with Gasteiger partial charge in [0.25, 0.3) is 0 Å².